The van der Waals surface area contributed by atoms with Crippen LogP contribution in [0.3, 0.4) is 0 Å². The third kappa shape index (κ3) is 1.17. The maximum atomic E-state index is 12.6. The SMILES string of the molecule is O=C1CCC2(O)c3ccccc3NC12c1ccccc1. The summed E-state index contributed by atoms with van der Waals surface area (Å²) in [6.07, 6.45) is 0.859. The first-order valence-electron chi connectivity index (χ1n) is 6.87. The molecule has 2 atom stereocenters. The molecule has 4 rings (SSSR count). The summed E-state index contributed by atoms with van der Waals surface area (Å²) in [6.45, 7) is 0. The highest BCUT2D eigenvalue weighted by molar-refractivity contribution is 5.99. The van der Waals surface area contributed by atoms with Crippen LogP contribution >= 0.6 is 0 Å². The monoisotopic (exact) mass is 265 g/mol. The Morgan fingerprint density at radius 3 is 2.50 bits per heavy atom. The Balaban J connectivity index is 2.01. The summed E-state index contributed by atoms with van der Waals surface area (Å²) >= 11 is 0. The normalized spacial score (nSPS) is 30.8. The minimum atomic E-state index is -1.15. The first kappa shape index (κ1) is 11.7. The van der Waals surface area contributed by atoms with Crippen LogP contribution < -0.4 is 5.32 Å². The van der Waals surface area contributed by atoms with E-state index in [4.69, 9.17) is 0 Å². The Morgan fingerprint density at radius 2 is 1.70 bits per heavy atom. The molecule has 100 valence electrons. The summed E-state index contributed by atoms with van der Waals surface area (Å²) in [5, 5.41) is 14.6. The van der Waals surface area contributed by atoms with E-state index in [1.54, 1.807) is 0 Å². The Hall–Kier alpha value is -2.13. The molecule has 3 nitrogen and oxygen atoms in total. The Morgan fingerprint density at radius 1 is 1.00 bits per heavy atom. The molecule has 1 heterocycles. The topological polar surface area (TPSA) is 49.3 Å². The number of Topliss-reactive ketones (excluding diaryl/α,β-unsaturated/α-hetero) is 1. The Labute approximate surface area is 117 Å². The molecule has 0 spiro atoms. The van der Waals surface area contributed by atoms with Crippen molar-refractivity contribution in [2.24, 2.45) is 0 Å². The number of fused-ring (bicyclic) bond motifs is 3. The van der Waals surface area contributed by atoms with Crippen molar-refractivity contribution in [2.45, 2.75) is 24.0 Å². The molecule has 1 aliphatic heterocycles. The van der Waals surface area contributed by atoms with E-state index in [1.165, 1.54) is 0 Å². The second kappa shape index (κ2) is 3.70. The summed E-state index contributed by atoms with van der Waals surface area (Å²) in [4.78, 5) is 12.6. The van der Waals surface area contributed by atoms with Gasteiger partial charge >= 0.3 is 0 Å². The van der Waals surface area contributed by atoms with E-state index < -0.39 is 11.1 Å². The molecule has 2 unspecified atom stereocenters. The molecule has 3 heteroatoms. The van der Waals surface area contributed by atoms with Crippen molar-refractivity contribution in [3.05, 3.63) is 65.7 Å². The van der Waals surface area contributed by atoms with Gasteiger partial charge in [0.1, 0.15) is 5.60 Å². The van der Waals surface area contributed by atoms with Crippen LogP contribution in [0.15, 0.2) is 54.6 Å². The van der Waals surface area contributed by atoms with Crippen LogP contribution in [0.25, 0.3) is 0 Å². The second-order valence-corrected chi connectivity index (χ2v) is 5.57. The average Bonchev–Trinajstić information content (AvgIpc) is 2.90. The molecule has 1 aliphatic carbocycles. The molecular formula is C17H15NO2. The molecule has 0 radical (unpaired) electrons. The third-order valence-electron chi connectivity index (χ3n) is 4.65. The van der Waals surface area contributed by atoms with Crippen LogP contribution in [0.1, 0.15) is 24.0 Å². The Kier molecular flexibility index (Phi) is 2.16. The quantitative estimate of drug-likeness (QED) is 0.833. The molecule has 2 aliphatic rings. The molecule has 2 aromatic rings. The zero-order valence-electron chi connectivity index (χ0n) is 11.0. The molecule has 0 saturated heterocycles. The first-order valence-corrected chi connectivity index (χ1v) is 6.87. The van der Waals surface area contributed by atoms with E-state index in [-0.39, 0.29) is 5.78 Å². The minimum Gasteiger partial charge on any atom is -0.382 e. The van der Waals surface area contributed by atoms with E-state index in [9.17, 15) is 9.90 Å². The van der Waals surface area contributed by atoms with E-state index in [2.05, 4.69) is 5.32 Å². The number of aliphatic hydroxyl groups is 1. The van der Waals surface area contributed by atoms with Crippen LogP contribution in [0.4, 0.5) is 5.69 Å². The van der Waals surface area contributed by atoms with Gasteiger partial charge in [-0.05, 0) is 18.1 Å². The van der Waals surface area contributed by atoms with Crippen LogP contribution in [0.5, 0.6) is 0 Å². The van der Waals surface area contributed by atoms with Crippen molar-refractivity contribution < 1.29 is 9.90 Å². The maximum Gasteiger partial charge on any atom is 0.166 e. The van der Waals surface area contributed by atoms with Crippen molar-refractivity contribution in [3.8, 4) is 0 Å². The molecule has 0 aromatic heterocycles. The largest absolute Gasteiger partial charge is 0.382 e. The zero-order chi connectivity index (χ0) is 13.8. The summed E-state index contributed by atoms with van der Waals surface area (Å²) in [7, 11) is 0. The van der Waals surface area contributed by atoms with E-state index in [0.717, 1.165) is 16.8 Å². The number of nitrogens with one attached hydrogen (secondary N) is 1. The second-order valence-electron chi connectivity index (χ2n) is 5.57. The lowest BCUT2D eigenvalue weighted by atomic mass is 9.76. The van der Waals surface area contributed by atoms with E-state index >= 15 is 0 Å². The lowest BCUT2D eigenvalue weighted by Crippen LogP contribution is -2.50. The average molecular weight is 265 g/mol. The maximum absolute atomic E-state index is 12.6. The third-order valence-corrected chi connectivity index (χ3v) is 4.65. The van der Waals surface area contributed by atoms with Crippen LogP contribution in [-0.4, -0.2) is 10.9 Å². The molecule has 0 amide bonds. The zero-order valence-corrected chi connectivity index (χ0v) is 11.0. The number of carbonyl (C=O) groups excluding carboxylic acids is 1. The fraction of sp³-hybridized carbons (Fsp3) is 0.235. The molecule has 1 fully saturated rings. The van der Waals surface area contributed by atoms with Gasteiger partial charge in [-0.25, -0.2) is 0 Å². The fourth-order valence-corrected chi connectivity index (χ4v) is 3.72. The smallest absolute Gasteiger partial charge is 0.166 e. The molecule has 0 bridgehead atoms. The lowest BCUT2D eigenvalue weighted by molar-refractivity contribution is -0.125. The lowest BCUT2D eigenvalue weighted by Gasteiger charge is -2.35. The number of anilines is 1. The van der Waals surface area contributed by atoms with Crippen molar-refractivity contribution in [1.82, 2.24) is 0 Å². The standard InChI is InChI=1S/C17H15NO2/c19-15-10-11-16(20)13-8-4-5-9-14(13)18-17(15,16)12-6-2-1-3-7-12/h1-9,18,20H,10-11H2. The van der Waals surface area contributed by atoms with Crippen molar-refractivity contribution >= 4 is 11.5 Å². The van der Waals surface area contributed by atoms with Gasteiger partial charge in [-0.15, -0.1) is 0 Å². The van der Waals surface area contributed by atoms with Crippen molar-refractivity contribution in [2.75, 3.05) is 5.32 Å². The van der Waals surface area contributed by atoms with Gasteiger partial charge in [-0.1, -0.05) is 48.5 Å². The molecule has 2 aromatic carbocycles. The highest BCUT2D eigenvalue weighted by Gasteiger charge is 2.65. The number of rotatable bonds is 1. The number of hydrogen-bond acceptors (Lipinski definition) is 3. The van der Waals surface area contributed by atoms with Crippen molar-refractivity contribution in [1.29, 1.82) is 0 Å². The van der Waals surface area contributed by atoms with Gasteiger partial charge in [-0.3, -0.25) is 4.79 Å². The van der Waals surface area contributed by atoms with Crippen LogP contribution in [0, 0.1) is 0 Å². The van der Waals surface area contributed by atoms with Gasteiger partial charge in [-0.2, -0.15) is 0 Å². The summed E-state index contributed by atoms with van der Waals surface area (Å²) in [6, 6.07) is 17.2. The van der Waals surface area contributed by atoms with Gasteiger partial charge in [0.15, 0.2) is 11.3 Å². The predicted molar refractivity (Wildman–Crippen MR) is 76.3 cm³/mol. The van der Waals surface area contributed by atoms with Gasteiger partial charge in [0.2, 0.25) is 0 Å². The molecular weight excluding hydrogens is 250 g/mol. The molecule has 1 saturated carbocycles. The number of para-hydroxylation sites is 1. The predicted octanol–water partition coefficient (Wildman–Crippen LogP) is 2.56. The Bertz CT molecular complexity index is 697. The van der Waals surface area contributed by atoms with Gasteiger partial charge in [0, 0.05) is 17.7 Å². The summed E-state index contributed by atoms with van der Waals surface area (Å²) in [5.41, 5.74) is 0.336. The van der Waals surface area contributed by atoms with Gasteiger partial charge in [0.25, 0.3) is 0 Å². The van der Waals surface area contributed by atoms with Crippen LogP contribution in [-0.2, 0) is 15.9 Å². The first-order chi connectivity index (χ1) is 9.68. The van der Waals surface area contributed by atoms with Crippen molar-refractivity contribution in [3.63, 3.8) is 0 Å². The minimum absolute atomic E-state index is 0.0578. The number of ketones is 1. The summed E-state index contributed by atoms with van der Waals surface area (Å²) < 4.78 is 0. The number of carbonyl (C=O) groups is 1. The van der Waals surface area contributed by atoms with E-state index in [1.807, 2.05) is 54.6 Å². The summed E-state index contributed by atoms with van der Waals surface area (Å²) in [5.74, 6) is 0.0578. The highest BCUT2D eigenvalue weighted by atomic mass is 16.3. The van der Waals surface area contributed by atoms with Gasteiger partial charge < -0.3 is 10.4 Å². The van der Waals surface area contributed by atoms with E-state index in [0.29, 0.717) is 12.8 Å². The molecule has 2 N–H and O–H groups in total. The number of benzene rings is 2. The highest BCUT2D eigenvalue weighted by Crippen LogP contribution is 2.58. The number of hydrogen-bond donors (Lipinski definition) is 2. The fourth-order valence-electron chi connectivity index (χ4n) is 3.72. The van der Waals surface area contributed by atoms with Crippen LogP contribution in [0.2, 0.25) is 0 Å². The van der Waals surface area contributed by atoms with Gasteiger partial charge in [0.05, 0.1) is 0 Å². The molecule has 20 heavy (non-hydrogen) atoms.